The fourth-order valence-corrected chi connectivity index (χ4v) is 1.43. The molecular formula is C11H12ClNO2. The SMILES string of the molecule is C=CCc1nccc(Cl)c1C(=O)OCC. The number of hydrogen-bond acceptors (Lipinski definition) is 3. The van der Waals surface area contributed by atoms with E-state index in [1.54, 1.807) is 25.3 Å². The van der Waals surface area contributed by atoms with E-state index in [1.807, 2.05) is 0 Å². The van der Waals surface area contributed by atoms with E-state index in [1.165, 1.54) is 0 Å². The van der Waals surface area contributed by atoms with Crippen LogP contribution in [0.4, 0.5) is 0 Å². The van der Waals surface area contributed by atoms with Crippen LogP contribution in [0.25, 0.3) is 0 Å². The van der Waals surface area contributed by atoms with Gasteiger partial charge in [0.15, 0.2) is 0 Å². The summed E-state index contributed by atoms with van der Waals surface area (Å²) in [6.45, 7) is 5.66. The van der Waals surface area contributed by atoms with Crippen molar-refractivity contribution in [2.24, 2.45) is 0 Å². The van der Waals surface area contributed by atoms with Crippen LogP contribution in [0.15, 0.2) is 24.9 Å². The summed E-state index contributed by atoms with van der Waals surface area (Å²) < 4.78 is 4.90. The zero-order valence-electron chi connectivity index (χ0n) is 8.50. The van der Waals surface area contributed by atoms with Gasteiger partial charge in [0.2, 0.25) is 0 Å². The molecule has 0 spiro atoms. The Bertz CT molecular complexity index is 377. The number of aromatic nitrogens is 1. The van der Waals surface area contributed by atoms with Crippen LogP contribution >= 0.6 is 11.6 Å². The van der Waals surface area contributed by atoms with Gasteiger partial charge in [-0.15, -0.1) is 6.58 Å². The average molecular weight is 226 g/mol. The number of nitrogens with zero attached hydrogens (tertiary/aromatic N) is 1. The van der Waals surface area contributed by atoms with Crippen LogP contribution in [0, 0.1) is 0 Å². The first kappa shape index (κ1) is 11.7. The van der Waals surface area contributed by atoms with Crippen molar-refractivity contribution in [3.8, 4) is 0 Å². The van der Waals surface area contributed by atoms with Crippen molar-refractivity contribution in [2.75, 3.05) is 6.61 Å². The van der Waals surface area contributed by atoms with E-state index in [4.69, 9.17) is 16.3 Å². The van der Waals surface area contributed by atoms with Crippen LogP contribution < -0.4 is 0 Å². The van der Waals surface area contributed by atoms with Gasteiger partial charge < -0.3 is 4.74 Å². The second-order valence-corrected chi connectivity index (χ2v) is 3.23. The highest BCUT2D eigenvalue weighted by atomic mass is 35.5. The maximum atomic E-state index is 11.6. The van der Waals surface area contributed by atoms with Crippen molar-refractivity contribution in [3.05, 3.63) is 41.2 Å². The molecule has 1 aromatic heterocycles. The van der Waals surface area contributed by atoms with E-state index >= 15 is 0 Å². The largest absolute Gasteiger partial charge is 0.462 e. The van der Waals surface area contributed by atoms with E-state index in [9.17, 15) is 4.79 Å². The molecular weight excluding hydrogens is 214 g/mol. The van der Waals surface area contributed by atoms with Crippen LogP contribution in [0.5, 0.6) is 0 Å². The number of carbonyl (C=O) groups is 1. The molecule has 15 heavy (non-hydrogen) atoms. The molecule has 0 unspecified atom stereocenters. The molecule has 0 fully saturated rings. The van der Waals surface area contributed by atoms with Crippen LogP contribution in [-0.4, -0.2) is 17.6 Å². The van der Waals surface area contributed by atoms with Crippen LogP contribution in [0.2, 0.25) is 5.02 Å². The van der Waals surface area contributed by atoms with Crippen molar-refractivity contribution in [1.82, 2.24) is 4.98 Å². The number of hydrogen-bond donors (Lipinski definition) is 0. The standard InChI is InChI=1S/C11H12ClNO2/c1-3-5-9-10(11(14)15-4-2)8(12)6-7-13-9/h3,6-7H,1,4-5H2,2H3. The molecule has 3 nitrogen and oxygen atoms in total. The summed E-state index contributed by atoms with van der Waals surface area (Å²) in [5, 5.41) is 0.361. The second kappa shape index (κ2) is 5.51. The monoisotopic (exact) mass is 225 g/mol. The van der Waals surface area contributed by atoms with E-state index in [2.05, 4.69) is 11.6 Å². The summed E-state index contributed by atoms with van der Waals surface area (Å²) in [6, 6.07) is 1.57. The molecule has 0 aliphatic heterocycles. The normalized spacial score (nSPS) is 9.73. The Kier molecular flexibility index (Phi) is 4.31. The molecule has 4 heteroatoms. The Balaban J connectivity index is 3.11. The third-order valence-electron chi connectivity index (χ3n) is 1.80. The lowest BCUT2D eigenvalue weighted by molar-refractivity contribution is 0.0525. The molecule has 0 atom stereocenters. The molecule has 0 bridgehead atoms. The molecule has 1 rings (SSSR count). The molecule has 0 aromatic carbocycles. The number of ether oxygens (including phenoxy) is 1. The Morgan fingerprint density at radius 1 is 1.73 bits per heavy atom. The fourth-order valence-electron chi connectivity index (χ4n) is 1.19. The van der Waals surface area contributed by atoms with Crippen molar-refractivity contribution < 1.29 is 9.53 Å². The minimum Gasteiger partial charge on any atom is -0.462 e. The van der Waals surface area contributed by atoms with Gasteiger partial charge in [-0.2, -0.15) is 0 Å². The minimum absolute atomic E-state index is 0.317. The summed E-state index contributed by atoms with van der Waals surface area (Å²) in [5.41, 5.74) is 0.928. The first-order valence-electron chi connectivity index (χ1n) is 4.62. The number of pyridine rings is 1. The van der Waals surface area contributed by atoms with Gasteiger partial charge in [0.05, 0.1) is 17.3 Å². The topological polar surface area (TPSA) is 39.2 Å². The Hall–Kier alpha value is -1.35. The third kappa shape index (κ3) is 2.80. The molecule has 0 saturated carbocycles. The molecule has 1 aromatic rings. The van der Waals surface area contributed by atoms with Crippen molar-refractivity contribution in [3.63, 3.8) is 0 Å². The summed E-state index contributed by atoms with van der Waals surface area (Å²) in [7, 11) is 0. The predicted octanol–water partition coefficient (Wildman–Crippen LogP) is 2.64. The number of halogens is 1. The zero-order chi connectivity index (χ0) is 11.3. The summed E-state index contributed by atoms with van der Waals surface area (Å²) in [5.74, 6) is -0.438. The quantitative estimate of drug-likeness (QED) is 0.584. The minimum atomic E-state index is -0.438. The Morgan fingerprint density at radius 3 is 3.07 bits per heavy atom. The molecule has 0 N–H and O–H groups in total. The molecule has 0 amide bonds. The van der Waals surface area contributed by atoms with E-state index < -0.39 is 5.97 Å². The number of esters is 1. The summed E-state index contributed by atoms with van der Waals surface area (Å²) >= 11 is 5.92. The van der Waals surface area contributed by atoms with Crippen LogP contribution in [0.3, 0.4) is 0 Å². The molecule has 0 aliphatic carbocycles. The van der Waals surface area contributed by atoms with Gasteiger partial charge in [-0.05, 0) is 13.0 Å². The van der Waals surface area contributed by atoms with E-state index in [0.29, 0.717) is 29.3 Å². The number of rotatable bonds is 4. The first-order valence-corrected chi connectivity index (χ1v) is 4.99. The second-order valence-electron chi connectivity index (χ2n) is 2.83. The highest BCUT2D eigenvalue weighted by Crippen LogP contribution is 2.19. The van der Waals surface area contributed by atoms with Crippen molar-refractivity contribution in [1.29, 1.82) is 0 Å². The molecule has 1 heterocycles. The highest BCUT2D eigenvalue weighted by molar-refractivity contribution is 6.33. The first-order chi connectivity index (χ1) is 7.20. The van der Waals surface area contributed by atoms with Gasteiger partial charge in [0.25, 0.3) is 0 Å². The van der Waals surface area contributed by atoms with Gasteiger partial charge >= 0.3 is 5.97 Å². The van der Waals surface area contributed by atoms with E-state index in [-0.39, 0.29) is 0 Å². The molecule has 80 valence electrons. The maximum Gasteiger partial charge on any atom is 0.341 e. The molecule has 0 radical (unpaired) electrons. The van der Waals surface area contributed by atoms with Gasteiger partial charge in [-0.3, -0.25) is 4.98 Å². The van der Waals surface area contributed by atoms with Gasteiger partial charge in [-0.25, -0.2) is 4.79 Å². The van der Waals surface area contributed by atoms with Crippen LogP contribution in [-0.2, 0) is 11.2 Å². The summed E-state index contributed by atoms with van der Waals surface area (Å²) in [6.07, 6.45) is 3.72. The lowest BCUT2D eigenvalue weighted by Crippen LogP contribution is -2.10. The van der Waals surface area contributed by atoms with Crippen LogP contribution in [0.1, 0.15) is 23.0 Å². The Labute approximate surface area is 93.7 Å². The predicted molar refractivity (Wildman–Crippen MR) is 59.1 cm³/mol. The summed E-state index contributed by atoms with van der Waals surface area (Å²) in [4.78, 5) is 15.7. The van der Waals surface area contributed by atoms with Crippen molar-refractivity contribution in [2.45, 2.75) is 13.3 Å². The van der Waals surface area contributed by atoms with E-state index in [0.717, 1.165) is 0 Å². The van der Waals surface area contributed by atoms with Gasteiger partial charge in [-0.1, -0.05) is 17.7 Å². The zero-order valence-corrected chi connectivity index (χ0v) is 9.25. The van der Waals surface area contributed by atoms with Gasteiger partial charge in [0.1, 0.15) is 5.56 Å². The average Bonchev–Trinajstić information content (AvgIpc) is 2.18. The molecule has 0 aliphatic rings. The van der Waals surface area contributed by atoms with Crippen molar-refractivity contribution >= 4 is 17.6 Å². The lowest BCUT2D eigenvalue weighted by atomic mass is 10.1. The lowest BCUT2D eigenvalue weighted by Gasteiger charge is -2.07. The molecule has 0 saturated heterocycles. The number of carbonyl (C=O) groups excluding carboxylic acids is 1. The highest BCUT2D eigenvalue weighted by Gasteiger charge is 2.16. The third-order valence-corrected chi connectivity index (χ3v) is 2.11. The smallest absolute Gasteiger partial charge is 0.341 e. The fraction of sp³-hybridized carbons (Fsp3) is 0.273. The maximum absolute atomic E-state index is 11.6. The number of allylic oxidation sites excluding steroid dienone is 1. The Morgan fingerprint density at radius 2 is 2.47 bits per heavy atom. The van der Waals surface area contributed by atoms with Gasteiger partial charge in [0, 0.05) is 12.6 Å².